The molecule has 0 atom stereocenters. The van der Waals surface area contributed by atoms with Gasteiger partial charge in [-0.3, -0.25) is 9.59 Å². The number of amides is 2. The molecule has 150 valence electrons. The van der Waals surface area contributed by atoms with E-state index in [0.717, 1.165) is 16.6 Å². The largest absolute Gasteiger partial charge is 0.352 e. The molecule has 0 bridgehead atoms. The molecule has 0 aliphatic rings. The fourth-order valence-corrected chi connectivity index (χ4v) is 2.93. The Morgan fingerprint density at radius 3 is 2.66 bits per heavy atom. The minimum Gasteiger partial charge on any atom is -0.352 e. The van der Waals surface area contributed by atoms with Gasteiger partial charge in [-0.15, -0.1) is 0 Å². The molecule has 29 heavy (non-hydrogen) atoms. The van der Waals surface area contributed by atoms with Crippen LogP contribution in [0.1, 0.15) is 23.2 Å². The summed E-state index contributed by atoms with van der Waals surface area (Å²) in [6.45, 7) is 0.177. The Bertz CT molecular complexity index is 1040. The number of nitrogens with zero attached hydrogens (tertiary/aromatic N) is 2. The van der Waals surface area contributed by atoms with Crippen LogP contribution < -0.4 is 10.6 Å². The molecule has 3 aromatic rings. The minimum atomic E-state index is -0.929. The van der Waals surface area contributed by atoms with Gasteiger partial charge in [-0.1, -0.05) is 12.1 Å². The second kappa shape index (κ2) is 9.42. The maximum absolute atomic E-state index is 13.6. The summed E-state index contributed by atoms with van der Waals surface area (Å²) in [7, 11) is 0. The summed E-state index contributed by atoms with van der Waals surface area (Å²) in [4.78, 5) is 24.2. The number of nitrogens with one attached hydrogen (secondary N) is 2. The van der Waals surface area contributed by atoms with E-state index in [9.17, 15) is 18.4 Å². The predicted molar refractivity (Wildman–Crippen MR) is 108 cm³/mol. The highest BCUT2D eigenvalue weighted by atomic mass is 79.9. The first-order valence-corrected chi connectivity index (χ1v) is 9.56. The summed E-state index contributed by atoms with van der Waals surface area (Å²) >= 11 is 3.34. The van der Waals surface area contributed by atoms with Gasteiger partial charge in [-0.25, -0.2) is 13.5 Å². The molecule has 3 rings (SSSR count). The average Bonchev–Trinajstić information content (AvgIpc) is 3.11. The van der Waals surface area contributed by atoms with Gasteiger partial charge < -0.3 is 10.6 Å². The Kier molecular flexibility index (Phi) is 6.71. The van der Waals surface area contributed by atoms with Crippen molar-refractivity contribution >= 4 is 33.4 Å². The summed E-state index contributed by atoms with van der Waals surface area (Å²) in [6.07, 6.45) is 3.93. The van der Waals surface area contributed by atoms with E-state index >= 15 is 0 Å². The molecule has 2 amide bonds. The molecule has 1 aromatic heterocycles. The van der Waals surface area contributed by atoms with Crippen molar-refractivity contribution in [3.63, 3.8) is 0 Å². The van der Waals surface area contributed by atoms with Crippen LogP contribution in [0.25, 0.3) is 5.69 Å². The minimum absolute atomic E-state index is 0.156. The van der Waals surface area contributed by atoms with Gasteiger partial charge in [-0.05, 0) is 46.6 Å². The van der Waals surface area contributed by atoms with Crippen molar-refractivity contribution in [2.45, 2.75) is 12.8 Å². The Morgan fingerprint density at radius 1 is 1.14 bits per heavy atom. The van der Waals surface area contributed by atoms with E-state index < -0.39 is 17.5 Å². The zero-order valence-electron chi connectivity index (χ0n) is 15.2. The normalized spacial score (nSPS) is 10.6. The predicted octanol–water partition coefficient (Wildman–Crippen LogP) is 4.06. The first-order chi connectivity index (χ1) is 13.9. The molecule has 0 aliphatic carbocycles. The van der Waals surface area contributed by atoms with E-state index in [1.54, 1.807) is 29.2 Å². The van der Waals surface area contributed by atoms with Crippen molar-refractivity contribution in [2.75, 3.05) is 11.9 Å². The van der Waals surface area contributed by atoms with Gasteiger partial charge in [-0.2, -0.15) is 5.10 Å². The molecule has 0 unspecified atom stereocenters. The number of anilines is 1. The molecule has 0 radical (unpaired) electrons. The number of benzene rings is 2. The van der Waals surface area contributed by atoms with Gasteiger partial charge in [0.25, 0.3) is 5.91 Å². The number of halogens is 3. The third-order valence-corrected chi connectivity index (χ3v) is 4.43. The molecule has 0 saturated carbocycles. The Balaban J connectivity index is 1.50. The molecular formula is C20H17BrF2N4O2. The highest BCUT2D eigenvalue weighted by Gasteiger charge is 2.13. The lowest BCUT2D eigenvalue weighted by atomic mass is 10.2. The summed E-state index contributed by atoms with van der Waals surface area (Å²) in [5, 5.41) is 9.55. The van der Waals surface area contributed by atoms with Crippen molar-refractivity contribution in [2.24, 2.45) is 0 Å². The summed E-state index contributed by atoms with van der Waals surface area (Å²) in [6, 6.07) is 9.98. The van der Waals surface area contributed by atoms with Gasteiger partial charge in [0.1, 0.15) is 11.6 Å². The van der Waals surface area contributed by atoms with Gasteiger partial charge in [0.05, 0.1) is 27.6 Å². The summed E-state index contributed by atoms with van der Waals surface area (Å²) in [5.41, 5.74) is 1.08. The van der Waals surface area contributed by atoms with E-state index in [4.69, 9.17) is 0 Å². The standard InChI is InChI=1S/C20H17BrF2N4O2/c21-13-11-25-27(12-13)18-5-2-1-4-17(18)26-19(28)6-3-9-24-20(29)15-8-7-14(22)10-16(15)23/h1-2,4-5,7-8,10-12H,3,6,9H2,(H,24,29)(H,26,28). The van der Waals surface area contributed by atoms with Crippen molar-refractivity contribution < 1.29 is 18.4 Å². The number of carbonyl (C=O) groups is 2. The van der Waals surface area contributed by atoms with Gasteiger partial charge >= 0.3 is 0 Å². The lowest BCUT2D eigenvalue weighted by molar-refractivity contribution is -0.116. The molecular weight excluding hydrogens is 446 g/mol. The van der Waals surface area contributed by atoms with Crippen LogP contribution >= 0.6 is 15.9 Å². The number of hydrogen-bond acceptors (Lipinski definition) is 3. The van der Waals surface area contributed by atoms with Gasteiger partial charge in [0.2, 0.25) is 5.91 Å². The van der Waals surface area contributed by atoms with Crippen LogP contribution in [0.5, 0.6) is 0 Å². The smallest absolute Gasteiger partial charge is 0.254 e. The van der Waals surface area contributed by atoms with Crippen LogP contribution in [0, 0.1) is 11.6 Å². The zero-order chi connectivity index (χ0) is 20.8. The highest BCUT2D eigenvalue weighted by molar-refractivity contribution is 9.10. The van der Waals surface area contributed by atoms with E-state index in [-0.39, 0.29) is 24.4 Å². The van der Waals surface area contributed by atoms with Gasteiger partial charge in [0.15, 0.2) is 0 Å². The molecule has 0 fully saturated rings. The SMILES string of the molecule is O=C(CCCNC(=O)c1ccc(F)cc1F)Nc1ccccc1-n1cc(Br)cn1. The van der Waals surface area contributed by atoms with Crippen LogP contribution in [0.4, 0.5) is 14.5 Å². The quantitative estimate of drug-likeness (QED) is 0.519. The van der Waals surface area contributed by atoms with Crippen LogP contribution in [0.3, 0.4) is 0 Å². The summed E-state index contributed by atoms with van der Waals surface area (Å²) in [5.74, 6) is -2.57. The second-order valence-corrected chi connectivity index (χ2v) is 7.07. The Morgan fingerprint density at radius 2 is 1.93 bits per heavy atom. The van der Waals surface area contributed by atoms with Crippen molar-refractivity contribution in [1.29, 1.82) is 0 Å². The highest BCUT2D eigenvalue weighted by Crippen LogP contribution is 2.21. The number of hydrogen-bond donors (Lipinski definition) is 2. The fourth-order valence-electron chi connectivity index (χ4n) is 2.64. The zero-order valence-corrected chi connectivity index (χ0v) is 16.7. The van der Waals surface area contributed by atoms with E-state index in [1.807, 2.05) is 12.1 Å². The monoisotopic (exact) mass is 462 g/mol. The third-order valence-electron chi connectivity index (χ3n) is 4.02. The van der Waals surface area contributed by atoms with Crippen molar-refractivity contribution in [1.82, 2.24) is 15.1 Å². The number of aromatic nitrogens is 2. The van der Waals surface area contributed by atoms with E-state index in [2.05, 4.69) is 31.7 Å². The van der Waals surface area contributed by atoms with Crippen molar-refractivity contribution in [3.05, 3.63) is 76.5 Å². The molecule has 2 N–H and O–H groups in total. The molecule has 0 saturated heterocycles. The molecule has 6 nitrogen and oxygen atoms in total. The van der Waals surface area contributed by atoms with Crippen LogP contribution in [0.15, 0.2) is 59.3 Å². The number of para-hydroxylation sites is 2. The Hall–Kier alpha value is -3.07. The molecule has 2 aromatic carbocycles. The maximum atomic E-state index is 13.6. The van der Waals surface area contributed by atoms with Crippen LogP contribution in [0.2, 0.25) is 0 Å². The molecule has 1 heterocycles. The topological polar surface area (TPSA) is 76.0 Å². The lowest BCUT2D eigenvalue weighted by Gasteiger charge is -2.11. The first-order valence-electron chi connectivity index (χ1n) is 8.77. The van der Waals surface area contributed by atoms with Gasteiger partial charge in [0, 0.05) is 25.2 Å². The fraction of sp³-hybridized carbons (Fsp3) is 0.150. The average molecular weight is 463 g/mol. The van der Waals surface area contributed by atoms with Crippen molar-refractivity contribution in [3.8, 4) is 5.69 Å². The second-order valence-electron chi connectivity index (χ2n) is 6.15. The first kappa shape index (κ1) is 20.7. The van der Waals surface area contributed by atoms with Crippen LogP contribution in [-0.2, 0) is 4.79 Å². The maximum Gasteiger partial charge on any atom is 0.254 e. The summed E-state index contributed by atoms with van der Waals surface area (Å²) < 4.78 is 28.9. The van der Waals surface area contributed by atoms with E-state index in [1.165, 1.54) is 0 Å². The lowest BCUT2D eigenvalue weighted by Crippen LogP contribution is -2.26. The third kappa shape index (κ3) is 5.47. The van der Waals surface area contributed by atoms with Crippen LogP contribution in [-0.4, -0.2) is 28.1 Å². The molecule has 9 heteroatoms. The Labute approximate surface area is 174 Å². The molecule has 0 aliphatic heterocycles. The molecule has 0 spiro atoms. The van der Waals surface area contributed by atoms with E-state index in [0.29, 0.717) is 23.9 Å². The number of carbonyl (C=O) groups excluding carboxylic acids is 2. The number of rotatable bonds is 7.